The number of rotatable bonds is 8. The molecule has 0 spiro atoms. The van der Waals surface area contributed by atoms with Gasteiger partial charge in [0.05, 0.1) is 25.0 Å². The maximum atomic E-state index is 13.3. The van der Waals surface area contributed by atoms with Gasteiger partial charge in [0.15, 0.2) is 17.2 Å². The molecule has 2 aromatic carbocycles. The number of thioether (sulfide) groups is 1. The van der Waals surface area contributed by atoms with Crippen LogP contribution in [0.1, 0.15) is 32.1 Å². The zero-order valence-corrected chi connectivity index (χ0v) is 20.2. The first kappa shape index (κ1) is 23.6. The molecule has 1 amide bonds. The molecule has 1 aliphatic rings. The van der Waals surface area contributed by atoms with E-state index < -0.39 is 6.23 Å². The average Bonchev–Trinajstić information content (AvgIpc) is 3.01. The van der Waals surface area contributed by atoms with Gasteiger partial charge in [-0.25, -0.2) is 0 Å². The second kappa shape index (κ2) is 10.6. The first-order chi connectivity index (χ1) is 16.6. The SMILES string of the molecule is C=CCSc1nnc2c(n1)O[C@H](c1cccc(OCC)c1OC)N(C(=O)CC)c1ccccc1-2. The molecule has 34 heavy (non-hydrogen) atoms. The molecule has 0 unspecified atom stereocenters. The number of ether oxygens (including phenoxy) is 3. The van der Waals surface area contributed by atoms with Crippen LogP contribution in [-0.4, -0.2) is 40.6 Å². The van der Waals surface area contributed by atoms with Gasteiger partial charge < -0.3 is 14.2 Å². The molecule has 0 saturated heterocycles. The van der Waals surface area contributed by atoms with E-state index in [0.717, 1.165) is 0 Å². The first-order valence-electron chi connectivity index (χ1n) is 11.0. The lowest BCUT2D eigenvalue weighted by molar-refractivity contribution is -0.120. The quantitative estimate of drug-likeness (QED) is 0.328. The number of methoxy groups -OCH3 is 1. The van der Waals surface area contributed by atoms with Crippen LogP contribution in [0.5, 0.6) is 17.4 Å². The Morgan fingerprint density at radius 3 is 2.76 bits per heavy atom. The standard InChI is InChI=1S/C25H26N4O4S/c1-5-15-34-25-26-23-21(27-28-25)16-11-8-9-13-18(16)29(20(30)6-2)24(33-23)17-12-10-14-19(32-7-3)22(17)31-4/h5,8-14,24H,1,6-7,15H2,2-4H3/t24-/m1/s1. The highest BCUT2D eigenvalue weighted by Crippen LogP contribution is 2.46. The lowest BCUT2D eigenvalue weighted by Crippen LogP contribution is -2.37. The van der Waals surface area contributed by atoms with Crippen molar-refractivity contribution in [1.29, 1.82) is 0 Å². The molecular formula is C25H26N4O4S. The monoisotopic (exact) mass is 478 g/mol. The van der Waals surface area contributed by atoms with Crippen LogP contribution in [0, 0.1) is 0 Å². The van der Waals surface area contributed by atoms with Crippen LogP contribution in [-0.2, 0) is 4.79 Å². The molecule has 1 aliphatic heterocycles. The number of fused-ring (bicyclic) bond motifs is 3. The van der Waals surface area contributed by atoms with E-state index in [0.29, 0.717) is 51.5 Å². The molecular weight excluding hydrogens is 452 g/mol. The van der Waals surface area contributed by atoms with Gasteiger partial charge in [-0.15, -0.1) is 16.8 Å². The summed E-state index contributed by atoms with van der Waals surface area (Å²) >= 11 is 1.40. The topological polar surface area (TPSA) is 86.7 Å². The van der Waals surface area contributed by atoms with Crippen molar-refractivity contribution in [3.05, 3.63) is 60.7 Å². The number of para-hydroxylation sites is 2. The Morgan fingerprint density at radius 2 is 2.03 bits per heavy atom. The molecule has 0 bridgehead atoms. The molecule has 0 fully saturated rings. The molecule has 0 radical (unpaired) electrons. The van der Waals surface area contributed by atoms with Crippen LogP contribution in [0.4, 0.5) is 5.69 Å². The summed E-state index contributed by atoms with van der Waals surface area (Å²) in [5, 5.41) is 9.14. The Labute approximate surface area is 203 Å². The highest BCUT2D eigenvalue weighted by Gasteiger charge is 2.37. The fraction of sp³-hybridized carbons (Fsp3) is 0.280. The molecule has 8 nitrogen and oxygen atoms in total. The summed E-state index contributed by atoms with van der Waals surface area (Å²) in [6.07, 6.45) is 1.18. The second-order valence-corrected chi connectivity index (χ2v) is 8.25. The molecule has 1 aromatic heterocycles. The molecule has 0 saturated carbocycles. The smallest absolute Gasteiger partial charge is 0.247 e. The molecule has 0 N–H and O–H groups in total. The Kier molecular flexibility index (Phi) is 7.32. The fourth-order valence-corrected chi connectivity index (χ4v) is 4.28. The number of carbonyl (C=O) groups excluding carboxylic acids is 1. The van der Waals surface area contributed by atoms with Gasteiger partial charge in [-0.2, -0.15) is 4.98 Å². The third-order valence-electron chi connectivity index (χ3n) is 5.19. The molecule has 3 aromatic rings. The molecule has 2 heterocycles. The van der Waals surface area contributed by atoms with Crippen LogP contribution in [0.25, 0.3) is 11.3 Å². The van der Waals surface area contributed by atoms with Gasteiger partial charge in [-0.05, 0) is 25.1 Å². The maximum Gasteiger partial charge on any atom is 0.247 e. The van der Waals surface area contributed by atoms with Gasteiger partial charge in [-0.1, -0.05) is 49.0 Å². The van der Waals surface area contributed by atoms with Gasteiger partial charge >= 0.3 is 0 Å². The minimum Gasteiger partial charge on any atom is -0.492 e. The number of hydrogen-bond acceptors (Lipinski definition) is 8. The molecule has 4 rings (SSSR count). The number of benzene rings is 2. The summed E-state index contributed by atoms with van der Waals surface area (Å²) in [6, 6.07) is 13.0. The minimum absolute atomic E-state index is 0.122. The minimum atomic E-state index is -0.862. The Balaban J connectivity index is 1.95. The summed E-state index contributed by atoms with van der Waals surface area (Å²) in [7, 11) is 1.57. The summed E-state index contributed by atoms with van der Waals surface area (Å²) in [5.41, 5.74) is 2.47. The van der Waals surface area contributed by atoms with Crippen molar-refractivity contribution in [2.75, 3.05) is 24.4 Å². The normalized spacial score (nSPS) is 14.3. The van der Waals surface area contributed by atoms with Crippen LogP contribution in [0.2, 0.25) is 0 Å². The van der Waals surface area contributed by atoms with Crippen LogP contribution < -0.4 is 19.1 Å². The molecule has 9 heteroatoms. The zero-order chi connectivity index (χ0) is 24.1. The van der Waals surface area contributed by atoms with Gasteiger partial charge in [0.25, 0.3) is 0 Å². The van der Waals surface area contributed by atoms with E-state index in [1.807, 2.05) is 56.3 Å². The van der Waals surface area contributed by atoms with Gasteiger partial charge in [-0.3, -0.25) is 9.69 Å². The Bertz CT molecular complexity index is 1200. The second-order valence-electron chi connectivity index (χ2n) is 7.26. The van der Waals surface area contributed by atoms with Crippen molar-refractivity contribution < 1.29 is 19.0 Å². The lowest BCUT2D eigenvalue weighted by Gasteiger charge is -2.31. The van der Waals surface area contributed by atoms with Crippen molar-refractivity contribution >= 4 is 23.4 Å². The van der Waals surface area contributed by atoms with Crippen molar-refractivity contribution in [3.63, 3.8) is 0 Å². The zero-order valence-electron chi connectivity index (χ0n) is 19.4. The lowest BCUT2D eigenvalue weighted by atomic mass is 10.1. The highest BCUT2D eigenvalue weighted by molar-refractivity contribution is 7.99. The number of nitrogens with zero attached hydrogens (tertiary/aromatic N) is 4. The number of hydrogen-bond donors (Lipinski definition) is 0. The van der Waals surface area contributed by atoms with E-state index in [1.54, 1.807) is 18.1 Å². The predicted octanol–water partition coefficient (Wildman–Crippen LogP) is 5.06. The van der Waals surface area contributed by atoms with Crippen molar-refractivity contribution in [2.45, 2.75) is 31.7 Å². The molecule has 176 valence electrons. The Hall–Kier alpha value is -3.59. The van der Waals surface area contributed by atoms with E-state index in [4.69, 9.17) is 14.2 Å². The van der Waals surface area contributed by atoms with E-state index in [9.17, 15) is 4.79 Å². The average molecular weight is 479 g/mol. The summed E-state index contributed by atoms with van der Waals surface area (Å²) in [5.74, 6) is 1.85. The molecule has 1 atom stereocenters. The van der Waals surface area contributed by atoms with Crippen LogP contribution in [0.3, 0.4) is 0 Å². The van der Waals surface area contributed by atoms with Gasteiger partial charge in [0.1, 0.15) is 0 Å². The van der Waals surface area contributed by atoms with E-state index >= 15 is 0 Å². The molecule has 0 aliphatic carbocycles. The van der Waals surface area contributed by atoms with Crippen molar-refractivity contribution in [1.82, 2.24) is 15.2 Å². The van der Waals surface area contributed by atoms with E-state index in [-0.39, 0.29) is 18.2 Å². The maximum absolute atomic E-state index is 13.3. The van der Waals surface area contributed by atoms with Crippen molar-refractivity contribution in [2.24, 2.45) is 0 Å². The third-order valence-corrected chi connectivity index (χ3v) is 6.03. The first-order valence-corrected chi connectivity index (χ1v) is 12.0. The summed E-state index contributed by atoms with van der Waals surface area (Å²) in [4.78, 5) is 19.6. The number of carbonyl (C=O) groups is 1. The highest BCUT2D eigenvalue weighted by atomic mass is 32.2. The largest absolute Gasteiger partial charge is 0.492 e. The van der Waals surface area contributed by atoms with Gasteiger partial charge in [0, 0.05) is 17.7 Å². The third kappa shape index (κ3) is 4.43. The Morgan fingerprint density at radius 1 is 1.21 bits per heavy atom. The van der Waals surface area contributed by atoms with Crippen LogP contribution >= 0.6 is 11.8 Å². The number of anilines is 1. The fourth-order valence-electron chi connectivity index (χ4n) is 3.77. The number of amides is 1. The van der Waals surface area contributed by atoms with E-state index in [2.05, 4.69) is 21.8 Å². The van der Waals surface area contributed by atoms with Gasteiger partial charge in [0.2, 0.25) is 23.2 Å². The van der Waals surface area contributed by atoms with Crippen molar-refractivity contribution in [3.8, 4) is 28.6 Å². The number of aromatic nitrogens is 3. The summed E-state index contributed by atoms with van der Waals surface area (Å²) in [6.45, 7) is 7.93. The van der Waals surface area contributed by atoms with E-state index in [1.165, 1.54) is 11.8 Å². The predicted molar refractivity (Wildman–Crippen MR) is 131 cm³/mol. The van der Waals surface area contributed by atoms with Crippen LogP contribution in [0.15, 0.2) is 60.3 Å². The summed E-state index contributed by atoms with van der Waals surface area (Å²) < 4.78 is 18.0.